The van der Waals surface area contributed by atoms with Crippen molar-refractivity contribution in [3.8, 4) is 5.75 Å². The second-order valence-electron chi connectivity index (χ2n) is 7.40. The van der Waals surface area contributed by atoms with Crippen molar-refractivity contribution in [3.05, 3.63) is 58.6 Å². The first kappa shape index (κ1) is 18.3. The summed E-state index contributed by atoms with van der Waals surface area (Å²) >= 11 is 5.95. The van der Waals surface area contributed by atoms with Crippen LogP contribution in [-0.4, -0.2) is 36.5 Å². The van der Waals surface area contributed by atoms with Gasteiger partial charge >= 0.3 is 0 Å². The molecule has 0 saturated carbocycles. The number of anilines is 1. The van der Waals surface area contributed by atoms with E-state index in [0.717, 1.165) is 61.8 Å². The third-order valence-electron chi connectivity index (χ3n) is 5.44. The Labute approximate surface area is 165 Å². The molecule has 1 N–H and O–H groups in total. The summed E-state index contributed by atoms with van der Waals surface area (Å²) in [6, 6.07) is 14.2. The summed E-state index contributed by atoms with van der Waals surface area (Å²) in [5, 5.41) is 3.71. The molecule has 0 unspecified atom stereocenters. The molecule has 2 aliphatic rings. The minimum atomic E-state index is 0.0992. The third kappa shape index (κ3) is 4.82. The summed E-state index contributed by atoms with van der Waals surface area (Å²) in [6.07, 6.45) is 4.78. The number of hydrogen-bond acceptors (Lipinski definition) is 3. The Morgan fingerprint density at radius 2 is 1.85 bits per heavy atom. The predicted molar refractivity (Wildman–Crippen MR) is 109 cm³/mol. The van der Waals surface area contributed by atoms with Crippen LogP contribution in [0.15, 0.2) is 42.5 Å². The highest BCUT2D eigenvalue weighted by Crippen LogP contribution is 2.28. The zero-order valence-corrected chi connectivity index (χ0v) is 16.2. The van der Waals surface area contributed by atoms with Gasteiger partial charge in [0.2, 0.25) is 5.91 Å². The first-order valence-corrected chi connectivity index (χ1v) is 10.1. The van der Waals surface area contributed by atoms with Crippen LogP contribution in [0.5, 0.6) is 5.75 Å². The molecular weight excluding hydrogens is 360 g/mol. The minimum absolute atomic E-state index is 0.0992. The Morgan fingerprint density at radius 3 is 2.63 bits per heavy atom. The molecule has 2 aliphatic heterocycles. The fourth-order valence-electron chi connectivity index (χ4n) is 3.81. The first-order valence-electron chi connectivity index (χ1n) is 9.72. The number of amides is 1. The van der Waals surface area contributed by atoms with Gasteiger partial charge in [0.1, 0.15) is 11.9 Å². The van der Waals surface area contributed by atoms with Gasteiger partial charge in [-0.2, -0.15) is 0 Å². The van der Waals surface area contributed by atoms with E-state index in [0.29, 0.717) is 6.42 Å². The molecule has 1 fully saturated rings. The molecule has 2 heterocycles. The maximum absolute atomic E-state index is 11.5. The maximum atomic E-state index is 11.5. The molecular formula is C22H25ClN2O2. The molecule has 142 valence electrons. The molecule has 0 atom stereocenters. The van der Waals surface area contributed by atoms with Crippen molar-refractivity contribution in [1.29, 1.82) is 0 Å². The Balaban J connectivity index is 1.25. The van der Waals surface area contributed by atoms with Gasteiger partial charge < -0.3 is 15.0 Å². The fraction of sp³-hybridized carbons (Fsp3) is 0.409. The van der Waals surface area contributed by atoms with Crippen LogP contribution in [0.2, 0.25) is 5.02 Å². The van der Waals surface area contributed by atoms with Gasteiger partial charge in [-0.15, -0.1) is 0 Å². The minimum Gasteiger partial charge on any atom is -0.490 e. The van der Waals surface area contributed by atoms with Crippen molar-refractivity contribution < 1.29 is 9.53 Å². The van der Waals surface area contributed by atoms with E-state index in [2.05, 4.69) is 28.4 Å². The molecule has 1 amide bonds. The molecule has 5 heteroatoms. The number of ether oxygens (including phenoxy) is 1. The number of fused-ring (bicyclic) bond motifs is 1. The lowest BCUT2D eigenvalue weighted by molar-refractivity contribution is -0.116. The lowest BCUT2D eigenvalue weighted by atomic mass is 10.0. The summed E-state index contributed by atoms with van der Waals surface area (Å²) < 4.78 is 6.22. The number of carbonyl (C=O) groups excluding carboxylic acids is 1. The van der Waals surface area contributed by atoms with Crippen LogP contribution in [0.25, 0.3) is 0 Å². The van der Waals surface area contributed by atoms with Gasteiger partial charge in [0.25, 0.3) is 0 Å². The van der Waals surface area contributed by atoms with Crippen molar-refractivity contribution in [3.63, 3.8) is 0 Å². The zero-order chi connectivity index (χ0) is 18.6. The second kappa shape index (κ2) is 8.32. The van der Waals surface area contributed by atoms with Crippen LogP contribution in [0, 0.1) is 0 Å². The van der Waals surface area contributed by atoms with Crippen LogP contribution in [-0.2, 0) is 17.6 Å². The highest BCUT2D eigenvalue weighted by Gasteiger charge is 2.21. The zero-order valence-electron chi connectivity index (χ0n) is 15.4. The Kier molecular flexibility index (Phi) is 5.65. The molecule has 4 nitrogen and oxygen atoms in total. The predicted octanol–water partition coefficient (Wildman–Crippen LogP) is 4.31. The number of hydrogen-bond donors (Lipinski definition) is 1. The molecule has 4 rings (SSSR count). The number of nitrogens with zero attached hydrogens (tertiary/aromatic N) is 1. The molecule has 0 aromatic heterocycles. The smallest absolute Gasteiger partial charge is 0.224 e. The van der Waals surface area contributed by atoms with E-state index < -0.39 is 0 Å². The molecule has 0 aliphatic carbocycles. The van der Waals surface area contributed by atoms with E-state index in [9.17, 15) is 4.79 Å². The SMILES string of the molecule is O=C1CCc2cc(OC3CCN(CCc4ccc(Cl)cc4)CC3)ccc2N1. The van der Waals surface area contributed by atoms with E-state index in [1.165, 1.54) is 11.1 Å². The topological polar surface area (TPSA) is 41.6 Å². The molecule has 1 saturated heterocycles. The molecule has 0 spiro atoms. The van der Waals surface area contributed by atoms with Gasteiger partial charge in [0.05, 0.1) is 0 Å². The molecule has 0 bridgehead atoms. The quantitative estimate of drug-likeness (QED) is 0.835. The monoisotopic (exact) mass is 384 g/mol. The van der Waals surface area contributed by atoms with E-state index in [-0.39, 0.29) is 12.0 Å². The van der Waals surface area contributed by atoms with Crippen molar-refractivity contribution in [2.45, 2.75) is 38.2 Å². The number of aryl methyl sites for hydroxylation is 1. The van der Waals surface area contributed by atoms with E-state index in [1.54, 1.807) is 0 Å². The molecule has 27 heavy (non-hydrogen) atoms. The number of benzene rings is 2. The number of carbonyl (C=O) groups is 1. The summed E-state index contributed by atoms with van der Waals surface area (Å²) in [5.41, 5.74) is 3.43. The number of nitrogens with one attached hydrogen (secondary N) is 1. The number of halogens is 1. The lowest BCUT2D eigenvalue weighted by Gasteiger charge is -2.32. The highest BCUT2D eigenvalue weighted by atomic mass is 35.5. The molecule has 0 radical (unpaired) electrons. The summed E-state index contributed by atoms with van der Waals surface area (Å²) in [6.45, 7) is 3.21. The average Bonchev–Trinajstić information content (AvgIpc) is 2.69. The fourth-order valence-corrected chi connectivity index (χ4v) is 3.94. The Hall–Kier alpha value is -2.04. The van der Waals surface area contributed by atoms with E-state index in [1.807, 2.05) is 24.3 Å². The van der Waals surface area contributed by atoms with Gasteiger partial charge in [0, 0.05) is 36.8 Å². The van der Waals surface area contributed by atoms with Crippen molar-refractivity contribution in [2.75, 3.05) is 25.0 Å². The second-order valence-corrected chi connectivity index (χ2v) is 7.84. The lowest BCUT2D eigenvalue weighted by Crippen LogP contribution is -2.39. The van der Waals surface area contributed by atoms with Crippen LogP contribution in [0.1, 0.15) is 30.4 Å². The van der Waals surface area contributed by atoms with Gasteiger partial charge in [0.15, 0.2) is 0 Å². The van der Waals surface area contributed by atoms with Gasteiger partial charge in [-0.3, -0.25) is 4.79 Å². The van der Waals surface area contributed by atoms with E-state index >= 15 is 0 Å². The largest absolute Gasteiger partial charge is 0.490 e. The van der Waals surface area contributed by atoms with Crippen LogP contribution < -0.4 is 10.1 Å². The first-order chi connectivity index (χ1) is 13.2. The van der Waals surface area contributed by atoms with Gasteiger partial charge in [-0.25, -0.2) is 0 Å². The van der Waals surface area contributed by atoms with Crippen LogP contribution >= 0.6 is 11.6 Å². The van der Waals surface area contributed by atoms with Crippen LogP contribution in [0.3, 0.4) is 0 Å². The van der Waals surface area contributed by atoms with Crippen molar-refractivity contribution in [1.82, 2.24) is 4.90 Å². The number of rotatable bonds is 5. The summed E-state index contributed by atoms with van der Waals surface area (Å²) in [5.74, 6) is 1.02. The van der Waals surface area contributed by atoms with Crippen molar-refractivity contribution in [2.24, 2.45) is 0 Å². The average molecular weight is 385 g/mol. The van der Waals surface area contributed by atoms with Gasteiger partial charge in [-0.1, -0.05) is 23.7 Å². The Bertz CT molecular complexity index is 798. The highest BCUT2D eigenvalue weighted by molar-refractivity contribution is 6.30. The summed E-state index contributed by atoms with van der Waals surface area (Å²) in [7, 11) is 0. The number of piperidine rings is 1. The number of likely N-dealkylation sites (tertiary alicyclic amines) is 1. The van der Waals surface area contributed by atoms with Crippen molar-refractivity contribution >= 4 is 23.2 Å². The molecule has 2 aromatic carbocycles. The normalized spacial score (nSPS) is 18.0. The molecule has 2 aromatic rings. The van der Waals surface area contributed by atoms with Gasteiger partial charge in [-0.05, 0) is 67.1 Å². The third-order valence-corrected chi connectivity index (χ3v) is 5.69. The standard InChI is InChI=1S/C22H25ClN2O2/c23-18-4-1-16(2-5-18)9-12-25-13-10-19(11-14-25)27-20-6-7-21-17(15-20)3-8-22(26)24-21/h1-2,4-7,15,19H,3,8-14H2,(H,24,26). The maximum Gasteiger partial charge on any atom is 0.224 e. The summed E-state index contributed by atoms with van der Waals surface area (Å²) in [4.78, 5) is 14.0. The van der Waals surface area contributed by atoms with E-state index in [4.69, 9.17) is 16.3 Å². The Morgan fingerprint density at radius 1 is 1.07 bits per heavy atom. The van der Waals surface area contributed by atoms with Crippen LogP contribution in [0.4, 0.5) is 5.69 Å².